The first-order chi connectivity index (χ1) is 5.79. The summed E-state index contributed by atoms with van der Waals surface area (Å²) in [4.78, 5) is 13.6. The largest absolute Gasteiger partial charge is 0.337 e. The summed E-state index contributed by atoms with van der Waals surface area (Å²) >= 11 is 3.38. The minimum atomic E-state index is 0.0816. The van der Waals surface area contributed by atoms with Crippen molar-refractivity contribution in [3.8, 4) is 0 Å². The molecule has 1 amide bonds. The summed E-state index contributed by atoms with van der Waals surface area (Å²) in [5, 5.41) is 3.28. The van der Waals surface area contributed by atoms with Gasteiger partial charge in [0, 0.05) is 19.1 Å². The lowest BCUT2D eigenvalue weighted by Crippen LogP contribution is -2.39. The number of nitrogens with one attached hydrogen (secondary N) is 1. The van der Waals surface area contributed by atoms with Gasteiger partial charge in [-0.3, -0.25) is 4.79 Å². The van der Waals surface area contributed by atoms with Crippen LogP contribution in [-0.2, 0) is 4.79 Å². The second kappa shape index (κ2) is 3.34. The van der Waals surface area contributed by atoms with Gasteiger partial charge in [-0.15, -0.1) is 0 Å². The fourth-order valence-corrected chi connectivity index (χ4v) is 2.40. The Labute approximate surface area is 80.6 Å². The molecule has 0 aromatic rings. The van der Waals surface area contributed by atoms with E-state index in [4.69, 9.17) is 0 Å². The van der Waals surface area contributed by atoms with Crippen LogP contribution in [0.3, 0.4) is 0 Å². The molecule has 2 unspecified atom stereocenters. The van der Waals surface area contributed by atoms with Crippen molar-refractivity contribution in [2.45, 2.75) is 23.7 Å². The Morgan fingerprint density at radius 2 is 2.33 bits per heavy atom. The molecule has 2 saturated heterocycles. The quantitative estimate of drug-likeness (QED) is 0.662. The molecule has 2 fully saturated rings. The Balaban J connectivity index is 1.99. The van der Waals surface area contributed by atoms with Gasteiger partial charge in [-0.1, -0.05) is 15.9 Å². The number of carbonyl (C=O) groups is 1. The zero-order chi connectivity index (χ0) is 8.55. The van der Waals surface area contributed by atoms with Crippen molar-refractivity contribution >= 4 is 21.8 Å². The van der Waals surface area contributed by atoms with E-state index in [1.807, 2.05) is 4.90 Å². The van der Waals surface area contributed by atoms with Crippen LogP contribution >= 0.6 is 15.9 Å². The Morgan fingerprint density at radius 3 is 2.83 bits per heavy atom. The Hall–Kier alpha value is -0.0900. The van der Waals surface area contributed by atoms with E-state index in [0.29, 0.717) is 6.04 Å². The number of hydrogen-bond acceptors (Lipinski definition) is 2. The van der Waals surface area contributed by atoms with Crippen molar-refractivity contribution in [1.29, 1.82) is 0 Å². The van der Waals surface area contributed by atoms with E-state index in [0.717, 1.165) is 32.5 Å². The Kier molecular flexibility index (Phi) is 2.37. The number of halogens is 1. The molecule has 0 radical (unpaired) electrons. The molecule has 2 heterocycles. The second-order valence-electron chi connectivity index (χ2n) is 3.43. The average Bonchev–Trinajstić information content (AvgIpc) is 2.64. The van der Waals surface area contributed by atoms with E-state index in [9.17, 15) is 4.79 Å². The number of likely N-dealkylation sites (tertiary alicyclic amines) is 1. The van der Waals surface area contributed by atoms with E-state index in [-0.39, 0.29) is 10.7 Å². The molecule has 0 aromatic carbocycles. The summed E-state index contributed by atoms with van der Waals surface area (Å²) in [6.07, 6.45) is 2.08. The molecule has 0 aromatic heterocycles. The van der Waals surface area contributed by atoms with Crippen LogP contribution in [0, 0.1) is 0 Å². The lowest BCUT2D eigenvalue weighted by atomic mass is 10.2. The van der Waals surface area contributed by atoms with E-state index >= 15 is 0 Å². The molecule has 2 aliphatic heterocycles. The van der Waals surface area contributed by atoms with Crippen molar-refractivity contribution in [3.05, 3.63) is 0 Å². The lowest BCUT2D eigenvalue weighted by molar-refractivity contribution is -0.128. The summed E-state index contributed by atoms with van der Waals surface area (Å²) in [6.45, 7) is 2.97. The molecule has 0 bridgehead atoms. The third-order valence-corrected chi connectivity index (χ3v) is 3.50. The lowest BCUT2D eigenvalue weighted by Gasteiger charge is -2.22. The molecule has 2 aliphatic rings. The predicted molar refractivity (Wildman–Crippen MR) is 50.3 cm³/mol. The molecule has 12 heavy (non-hydrogen) atoms. The van der Waals surface area contributed by atoms with Gasteiger partial charge in [0.25, 0.3) is 0 Å². The molecule has 2 rings (SSSR count). The number of amides is 1. The van der Waals surface area contributed by atoms with Gasteiger partial charge in [-0.05, 0) is 19.4 Å². The summed E-state index contributed by atoms with van der Waals surface area (Å²) in [6, 6.07) is 0.458. The fraction of sp³-hybridized carbons (Fsp3) is 0.875. The smallest absolute Gasteiger partial charge is 0.236 e. The van der Waals surface area contributed by atoms with Crippen LogP contribution in [0.25, 0.3) is 0 Å². The first-order valence-electron chi connectivity index (χ1n) is 4.44. The maximum absolute atomic E-state index is 11.5. The first-order valence-corrected chi connectivity index (χ1v) is 5.36. The molecule has 0 saturated carbocycles. The van der Waals surface area contributed by atoms with E-state index in [1.165, 1.54) is 0 Å². The maximum atomic E-state index is 11.5. The Morgan fingerprint density at radius 1 is 1.50 bits per heavy atom. The van der Waals surface area contributed by atoms with Crippen molar-refractivity contribution in [3.63, 3.8) is 0 Å². The van der Waals surface area contributed by atoms with Crippen molar-refractivity contribution in [1.82, 2.24) is 10.2 Å². The van der Waals surface area contributed by atoms with Crippen molar-refractivity contribution in [2.75, 3.05) is 19.6 Å². The number of carbonyl (C=O) groups excluding carboxylic acids is 1. The molecule has 1 N–H and O–H groups in total. The highest BCUT2D eigenvalue weighted by Gasteiger charge is 2.35. The molecular weight excluding hydrogens is 220 g/mol. The SMILES string of the molecule is O=C1C(Br)CCN1C1CCNC1. The van der Waals surface area contributed by atoms with Crippen LogP contribution in [0.5, 0.6) is 0 Å². The molecule has 4 heteroatoms. The van der Waals surface area contributed by atoms with Gasteiger partial charge >= 0.3 is 0 Å². The predicted octanol–water partition coefficient (Wildman–Crippen LogP) is 0.344. The molecule has 0 aliphatic carbocycles. The highest BCUT2D eigenvalue weighted by molar-refractivity contribution is 9.10. The minimum Gasteiger partial charge on any atom is -0.337 e. The van der Waals surface area contributed by atoms with E-state index in [2.05, 4.69) is 21.2 Å². The average molecular weight is 233 g/mol. The second-order valence-corrected chi connectivity index (χ2v) is 4.54. The fourth-order valence-electron chi connectivity index (χ4n) is 1.93. The molecule has 0 spiro atoms. The van der Waals surface area contributed by atoms with Crippen molar-refractivity contribution in [2.24, 2.45) is 0 Å². The Bertz CT molecular complexity index is 191. The third-order valence-electron chi connectivity index (χ3n) is 2.65. The van der Waals surface area contributed by atoms with Gasteiger partial charge < -0.3 is 10.2 Å². The zero-order valence-electron chi connectivity index (χ0n) is 6.92. The summed E-state index contributed by atoms with van der Waals surface area (Å²) < 4.78 is 0. The molecule has 68 valence electrons. The molecular formula is C8H13BrN2O. The van der Waals surface area contributed by atoms with Crippen LogP contribution in [0.15, 0.2) is 0 Å². The normalized spacial score (nSPS) is 36.4. The van der Waals surface area contributed by atoms with Gasteiger partial charge in [0.1, 0.15) is 0 Å². The van der Waals surface area contributed by atoms with Crippen LogP contribution in [-0.4, -0.2) is 41.3 Å². The number of rotatable bonds is 1. The molecule has 3 nitrogen and oxygen atoms in total. The zero-order valence-corrected chi connectivity index (χ0v) is 8.51. The van der Waals surface area contributed by atoms with Crippen LogP contribution in [0.4, 0.5) is 0 Å². The highest BCUT2D eigenvalue weighted by atomic mass is 79.9. The highest BCUT2D eigenvalue weighted by Crippen LogP contribution is 2.22. The standard InChI is InChI=1S/C8H13BrN2O/c9-7-2-4-11(8(7)12)6-1-3-10-5-6/h6-7,10H,1-5H2. The summed E-state index contributed by atoms with van der Waals surface area (Å²) in [5.74, 6) is 0.281. The third kappa shape index (κ3) is 1.38. The van der Waals surface area contributed by atoms with Gasteiger partial charge in [0.05, 0.1) is 4.83 Å². The van der Waals surface area contributed by atoms with Crippen LogP contribution < -0.4 is 5.32 Å². The maximum Gasteiger partial charge on any atom is 0.236 e. The summed E-state index contributed by atoms with van der Waals surface area (Å²) in [7, 11) is 0. The number of hydrogen-bond donors (Lipinski definition) is 1. The van der Waals surface area contributed by atoms with Crippen molar-refractivity contribution < 1.29 is 4.79 Å². The number of nitrogens with zero attached hydrogens (tertiary/aromatic N) is 1. The van der Waals surface area contributed by atoms with Gasteiger partial charge in [0.2, 0.25) is 5.91 Å². The molecule has 2 atom stereocenters. The van der Waals surface area contributed by atoms with Crippen LogP contribution in [0.2, 0.25) is 0 Å². The van der Waals surface area contributed by atoms with Gasteiger partial charge in [-0.2, -0.15) is 0 Å². The summed E-state index contributed by atoms with van der Waals surface area (Å²) in [5.41, 5.74) is 0. The monoisotopic (exact) mass is 232 g/mol. The minimum absolute atomic E-state index is 0.0816. The van der Waals surface area contributed by atoms with Gasteiger partial charge in [0.15, 0.2) is 0 Å². The van der Waals surface area contributed by atoms with E-state index < -0.39 is 0 Å². The first kappa shape index (κ1) is 8.51. The topological polar surface area (TPSA) is 32.3 Å². The van der Waals surface area contributed by atoms with Crippen LogP contribution in [0.1, 0.15) is 12.8 Å². The van der Waals surface area contributed by atoms with Gasteiger partial charge in [-0.25, -0.2) is 0 Å². The van der Waals surface area contributed by atoms with E-state index in [1.54, 1.807) is 0 Å². The number of alkyl halides is 1.